The Bertz CT molecular complexity index is 157. The van der Waals surface area contributed by atoms with Crippen LogP contribution in [0.1, 0.15) is 34.6 Å². The van der Waals surface area contributed by atoms with Crippen LogP contribution < -0.4 is 0 Å². The van der Waals surface area contributed by atoms with Crippen LogP contribution in [0.25, 0.3) is 0 Å². The van der Waals surface area contributed by atoms with Crippen LogP contribution in [0, 0.1) is 17.3 Å². The van der Waals surface area contributed by atoms with Gasteiger partial charge in [-0.15, -0.1) is 0 Å². The second kappa shape index (κ2) is 2.11. The molecule has 0 heterocycles. The van der Waals surface area contributed by atoms with Crippen molar-refractivity contribution < 1.29 is 0 Å². The van der Waals surface area contributed by atoms with Gasteiger partial charge in [0.25, 0.3) is 0 Å². The Morgan fingerprint density at radius 3 is 1.90 bits per heavy atom. The average molecular weight is 138 g/mol. The molecule has 0 N–H and O–H groups in total. The van der Waals surface area contributed by atoms with Gasteiger partial charge in [0, 0.05) is 0 Å². The molecule has 1 rings (SSSR count). The van der Waals surface area contributed by atoms with Gasteiger partial charge in [-0.05, 0) is 24.2 Å². The van der Waals surface area contributed by atoms with Crippen molar-refractivity contribution >= 4 is 0 Å². The summed E-state index contributed by atoms with van der Waals surface area (Å²) < 4.78 is 0. The molecular formula is C10H18. The molecule has 0 heteroatoms. The lowest BCUT2D eigenvalue weighted by atomic mass is 9.63. The number of rotatable bonds is 0. The molecule has 58 valence electrons. The predicted octanol–water partition coefficient (Wildman–Crippen LogP) is 3.24. The van der Waals surface area contributed by atoms with Gasteiger partial charge in [0.1, 0.15) is 0 Å². The first-order valence-corrected chi connectivity index (χ1v) is 4.11. The molecule has 0 aliphatic heterocycles. The van der Waals surface area contributed by atoms with Gasteiger partial charge >= 0.3 is 0 Å². The van der Waals surface area contributed by atoms with Crippen molar-refractivity contribution in [3.8, 4) is 0 Å². The summed E-state index contributed by atoms with van der Waals surface area (Å²) in [5.74, 6) is 1.63. The van der Waals surface area contributed by atoms with Crippen molar-refractivity contribution in [2.24, 2.45) is 17.3 Å². The molecule has 2 unspecified atom stereocenters. The van der Waals surface area contributed by atoms with E-state index in [2.05, 4.69) is 40.7 Å². The molecule has 0 radical (unpaired) electrons. The zero-order chi connectivity index (χ0) is 7.94. The van der Waals surface area contributed by atoms with E-state index in [-0.39, 0.29) is 0 Å². The van der Waals surface area contributed by atoms with Crippen LogP contribution in [0.15, 0.2) is 11.6 Å². The standard InChI is InChI=1S/C10H18/c1-7-6-8(2)9(7)10(3,4)5/h6-7,9H,1-5H3. The van der Waals surface area contributed by atoms with Crippen LogP contribution in [0.2, 0.25) is 0 Å². The van der Waals surface area contributed by atoms with Crippen LogP contribution in [-0.4, -0.2) is 0 Å². The fourth-order valence-electron chi connectivity index (χ4n) is 2.38. The number of allylic oxidation sites excluding steroid dienone is 2. The maximum Gasteiger partial charge on any atom is -0.00968 e. The number of hydrogen-bond donors (Lipinski definition) is 0. The zero-order valence-corrected chi connectivity index (χ0v) is 7.73. The van der Waals surface area contributed by atoms with Crippen LogP contribution in [0.5, 0.6) is 0 Å². The van der Waals surface area contributed by atoms with Gasteiger partial charge in [0.05, 0.1) is 0 Å². The lowest BCUT2D eigenvalue weighted by Crippen LogP contribution is -2.33. The molecule has 2 atom stereocenters. The van der Waals surface area contributed by atoms with E-state index in [9.17, 15) is 0 Å². The topological polar surface area (TPSA) is 0 Å². The summed E-state index contributed by atoms with van der Waals surface area (Å²) in [6.07, 6.45) is 2.37. The van der Waals surface area contributed by atoms with Crippen LogP contribution in [-0.2, 0) is 0 Å². The van der Waals surface area contributed by atoms with Crippen LogP contribution in [0.4, 0.5) is 0 Å². The van der Waals surface area contributed by atoms with Crippen molar-refractivity contribution in [2.45, 2.75) is 34.6 Å². The number of hydrogen-bond acceptors (Lipinski definition) is 0. The monoisotopic (exact) mass is 138 g/mol. The lowest BCUT2D eigenvalue weighted by Gasteiger charge is -2.42. The molecule has 1 aliphatic rings. The first-order chi connectivity index (χ1) is 4.43. The zero-order valence-electron chi connectivity index (χ0n) is 7.73. The van der Waals surface area contributed by atoms with Gasteiger partial charge in [0.15, 0.2) is 0 Å². The average Bonchev–Trinajstić information content (AvgIpc) is 1.58. The Balaban J connectivity index is 2.70. The van der Waals surface area contributed by atoms with Crippen LogP contribution >= 0.6 is 0 Å². The summed E-state index contributed by atoms with van der Waals surface area (Å²) in [6.45, 7) is 11.5. The second-order valence-electron chi connectivity index (χ2n) is 4.61. The van der Waals surface area contributed by atoms with Crippen molar-refractivity contribution in [3.63, 3.8) is 0 Å². The molecule has 0 nitrogen and oxygen atoms in total. The normalized spacial score (nSPS) is 33.1. The maximum atomic E-state index is 2.37. The largest absolute Gasteiger partial charge is 0.0818 e. The molecule has 0 amide bonds. The van der Waals surface area contributed by atoms with Gasteiger partial charge in [-0.2, -0.15) is 0 Å². The lowest BCUT2D eigenvalue weighted by molar-refractivity contribution is 0.203. The fourth-order valence-corrected chi connectivity index (χ4v) is 2.38. The third-order valence-corrected chi connectivity index (χ3v) is 2.48. The summed E-state index contributed by atoms with van der Waals surface area (Å²) in [7, 11) is 0. The van der Waals surface area contributed by atoms with E-state index >= 15 is 0 Å². The third-order valence-electron chi connectivity index (χ3n) is 2.48. The van der Waals surface area contributed by atoms with Gasteiger partial charge in [0.2, 0.25) is 0 Å². The minimum Gasteiger partial charge on any atom is -0.0818 e. The van der Waals surface area contributed by atoms with E-state index in [0.717, 1.165) is 11.8 Å². The minimum absolute atomic E-state index is 0.470. The van der Waals surface area contributed by atoms with Crippen molar-refractivity contribution in [1.82, 2.24) is 0 Å². The predicted molar refractivity (Wildman–Crippen MR) is 45.9 cm³/mol. The quantitative estimate of drug-likeness (QED) is 0.451. The summed E-state index contributed by atoms with van der Waals surface area (Å²) in [5.41, 5.74) is 2.05. The molecule has 0 aromatic heterocycles. The van der Waals surface area contributed by atoms with Gasteiger partial charge < -0.3 is 0 Å². The van der Waals surface area contributed by atoms with E-state index < -0.39 is 0 Å². The van der Waals surface area contributed by atoms with E-state index in [1.807, 2.05) is 0 Å². The molecule has 0 saturated carbocycles. The SMILES string of the molecule is CC1=CC(C)C1C(C)(C)C. The fraction of sp³-hybridized carbons (Fsp3) is 0.800. The van der Waals surface area contributed by atoms with E-state index in [1.54, 1.807) is 5.57 Å². The second-order valence-corrected chi connectivity index (χ2v) is 4.61. The van der Waals surface area contributed by atoms with Crippen molar-refractivity contribution in [2.75, 3.05) is 0 Å². The molecule has 0 saturated heterocycles. The Hall–Kier alpha value is -0.260. The molecule has 1 aliphatic carbocycles. The maximum absolute atomic E-state index is 2.37. The van der Waals surface area contributed by atoms with E-state index in [1.165, 1.54) is 0 Å². The van der Waals surface area contributed by atoms with Gasteiger partial charge in [-0.25, -0.2) is 0 Å². The smallest absolute Gasteiger partial charge is 0.00968 e. The Morgan fingerprint density at radius 2 is 1.80 bits per heavy atom. The van der Waals surface area contributed by atoms with Gasteiger partial charge in [-0.3, -0.25) is 0 Å². The Labute approximate surface area is 64.3 Å². The third kappa shape index (κ3) is 1.12. The molecule has 0 aromatic rings. The highest BCUT2D eigenvalue weighted by molar-refractivity contribution is 5.21. The van der Waals surface area contributed by atoms with E-state index in [4.69, 9.17) is 0 Å². The summed E-state index contributed by atoms with van der Waals surface area (Å²) in [6, 6.07) is 0. The summed E-state index contributed by atoms with van der Waals surface area (Å²) in [5, 5.41) is 0. The highest BCUT2D eigenvalue weighted by Gasteiger charge is 2.35. The van der Waals surface area contributed by atoms with Gasteiger partial charge in [-0.1, -0.05) is 39.3 Å². The summed E-state index contributed by atoms with van der Waals surface area (Å²) >= 11 is 0. The Kier molecular flexibility index (Phi) is 1.66. The summed E-state index contributed by atoms with van der Waals surface area (Å²) in [4.78, 5) is 0. The highest BCUT2D eigenvalue weighted by Crippen LogP contribution is 2.44. The Morgan fingerprint density at radius 1 is 1.30 bits per heavy atom. The molecular weight excluding hydrogens is 120 g/mol. The molecule has 10 heavy (non-hydrogen) atoms. The van der Waals surface area contributed by atoms with Crippen LogP contribution in [0.3, 0.4) is 0 Å². The minimum atomic E-state index is 0.470. The van der Waals surface area contributed by atoms with E-state index in [0.29, 0.717) is 5.41 Å². The first-order valence-electron chi connectivity index (χ1n) is 4.11. The molecule has 0 bridgehead atoms. The molecule has 0 aromatic carbocycles. The van der Waals surface area contributed by atoms with Crippen molar-refractivity contribution in [3.05, 3.63) is 11.6 Å². The molecule has 0 fully saturated rings. The first kappa shape index (κ1) is 7.84. The highest BCUT2D eigenvalue weighted by atomic mass is 14.4. The van der Waals surface area contributed by atoms with Crippen molar-refractivity contribution in [1.29, 1.82) is 0 Å². The molecule has 0 spiro atoms.